The predicted molar refractivity (Wildman–Crippen MR) is 153 cm³/mol. The van der Waals surface area contributed by atoms with Crippen molar-refractivity contribution >= 4 is 63.9 Å². The third-order valence-electron chi connectivity index (χ3n) is 5.30. The predicted octanol–water partition coefficient (Wildman–Crippen LogP) is 5.82. The first-order valence-corrected chi connectivity index (χ1v) is 13.5. The van der Waals surface area contributed by atoms with Gasteiger partial charge in [-0.2, -0.15) is 0 Å². The largest absolute Gasteiger partial charge is 0.453 e. The number of anilines is 2. The highest BCUT2D eigenvalue weighted by Crippen LogP contribution is 2.24. The van der Waals surface area contributed by atoms with Crippen LogP contribution in [-0.2, 0) is 9.47 Å². The van der Waals surface area contributed by atoms with E-state index in [2.05, 4.69) is 47.3 Å². The van der Waals surface area contributed by atoms with Gasteiger partial charge in [0.2, 0.25) is 11.9 Å². The van der Waals surface area contributed by atoms with Crippen molar-refractivity contribution in [1.82, 2.24) is 24.8 Å². The van der Waals surface area contributed by atoms with E-state index in [-0.39, 0.29) is 12.0 Å². The SMILES string of the molecule is CCCCNC(=O)n1c(NC(=O)OC)nc2ccccc21.CCCSc1ccc2[nH]c(NC(=O)OC)nc2c1. The van der Waals surface area contributed by atoms with Crippen LogP contribution in [0.25, 0.3) is 22.1 Å². The minimum Gasteiger partial charge on any atom is -0.453 e. The lowest BCUT2D eigenvalue weighted by molar-refractivity contribution is 0.185. The molecule has 2 aromatic heterocycles. The van der Waals surface area contributed by atoms with Crippen LogP contribution in [0.5, 0.6) is 0 Å². The van der Waals surface area contributed by atoms with E-state index >= 15 is 0 Å². The summed E-state index contributed by atoms with van der Waals surface area (Å²) >= 11 is 1.80. The summed E-state index contributed by atoms with van der Waals surface area (Å²) in [5, 5.41) is 7.76. The average Bonchev–Trinajstić information content (AvgIpc) is 3.51. The van der Waals surface area contributed by atoms with Crippen LogP contribution in [0.3, 0.4) is 0 Å². The van der Waals surface area contributed by atoms with Gasteiger partial charge < -0.3 is 19.8 Å². The summed E-state index contributed by atoms with van der Waals surface area (Å²) < 4.78 is 10.4. The number of para-hydroxylation sites is 2. The number of H-pyrrole nitrogens is 1. The number of unbranched alkanes of at least 4 members (excludes halogenated alkanes) is 1. The molecular weight excluding hydrogens is 522 g/mol. The lowest BCUT2D eigenvalue weighted by atomic mass is 10.3. The van der Waals surface area contributed by atoms with Crippen molar-refractivity contribution in [1.29, 1.82) is 0 Å². The monoisotopic (exact) mass is 555 g/mol. The maximum absolute atomic E-state index is 12.3. The maximum Gasteiger partial charge on any atom is 0.413 e. The first-order chi connectivity index (χ1) is 18.9. The zero-order valence-electron chi connectivity index (χ0n) is 22.4. The Bertz CT molecular complexity index is 1420. The Hall–Kier alpha value is -4.26. The average molecular weight is 556 g/mol. The second-order valence-electron chi connectivity index (χ2n) is 8.19. The highest BCUT2D eigenvalue weighted by Gasteiger charge is 2.18. The van der Waals surface area contributed by atoms with Crippen LogP contribution in [0.1, 0.15) is 33.1 Å². The molecule has 2 heterocycles. The Morgan fingerprint density at radius 2 is 1.69 bits per heavy atom. The highest BCUT2D eigenvalue weighted by atomic mass is 32.2. The number of aromatic amines is 1. The Labute approximate surface area is 230 Å². The molecule has 39 heavy (non-hydrogen) atoms. The Morgan fingerprint density at radius 1 is 0.949 bits per heavy atom. The number of nitrogens with one attached hydrogen (secondary N) is 4. The van der Waals surface area contributed by atoms with Crippen molar-refractivity contribution in [3.8, 4) is 0 Å². The van der Waals surface area contributed by atoms with Crippen molar-refractivity contribution in [2.45, 2.75) is 38.0 Å². The van der Waals surface area contributed by atoms with Gasteiger partial charge in [0.1, 0.15) is 0 Å². The third-order valence-corrected chi connectivity index (χ3v) is 6.50. The summed E-state index contributed by atoms with van der Waals surface area (Å²) in [5.74, 6) is 1.62. The van der Waals surface area contributed by atoms with Crippen LogP contribution in [0.4, 0.5) is 26.3 Å². The lowest BCUT2D eigenvalue weighted by Crippen LogP contribution is -2.31. The van der Waals surface area contributed by atoms with Crippen LogP contribution in [0, 0.1) is 0 Å². The number of fused-ring (bicyclic) bond motifs is 2. The number of carbonyl (C=O) groups is 3. The van der Waals surface area contributed by atoms with Crippen LogP contribution in [0.2, 0.25) is 0 Å². The fourth-order valence-corrected chi connectivity index (χ4v) is 4.21. The standard InChI is InChI=1S/C14H18N4O3.C12H15N3O2S/c1-3-4-9-15-13(19)18-11-8-6-5-7-10(11)16-12(18)17-14(20)21-2;1-3-6-18-8-4-5-9-10(7-8)14-11(13-9)15-12(16)17-2/h5-8H,3-4,9H2,1-2H3,(H,15,19)(H,16,17,20);4-5,7H,3,6H2,1-2H3,(H2,13,14,15,16). The van der Waals surface area contributed by atoms with E-state index in [0.717, 1.165) is 36.0 Å². The van der Waals surface area contributed by atoms with Crippen molar-refractivity contribution in [3.05, 3.63) is 42.5 Å². The summed E-state index contributed by atoms with van der Waals surface area (Å²) in [7, 11) is 2.57. The molecule has 12 nitrogen and oxygen atoms in total. The fourth-order valence-electron chi connectivity index (χ4n) is 3.41. The van der Waals surface area contributed by atoms with Gasteiger partial charge in [-0.05, 0) is 48.9 Å². The molecule has 0 aliphatic heterocycles. The van der Waals surface area contributed by atoms with Gasteiger partial charge in [-0.25, -0.2) is 28.9 Å². The normalized spacial score (nSPS) is 10.5. The molecule has 0 saturated heterocycles. The number of thioether (sulfide) groups is 1. The van der Waals surface area contributed by atoms with Gasteiger partial charge in [0.05, 0.1) is 36.3 Å². The molecule has 4 aromatic rings. The molecule has 13 heteroatoms. The van der Waals surface area contributed by atoms with E-state index in [1.807, 2.05) is 37.3 Å². The number of aromatic nitrogens is 4. The van der Waals surface area contributed by atoms with Crippen LogP contribution in [-0.4, -0.2) is 64.3 Å². The van der Waals surface area contributed by atoms with E-state index < -0.39 is 12.2 Å². The summed E-state index contributed by atoms with van der Waals surface area (Å²) in [6, 6.07) is 12.8. The second kappa shape index (κ2) is 14.6. The number of benzene rings is 2. The molecule has 4 rings (SSSR count). The van der Waals surface area contributed by atoms with Gasteiger partial charge in [-0.3, -0.25) is 10.6 Å². The molecule has 4 N–H and O–H groups in total. The Balaban J connectivity index is 0.000000218. The van der Waals surface area contributed by atoms with E-state index in [9.17, 15) is 14.4 Å². The van der Waals surface area contributed by atoms with Gasteiger partial charge in [0.25, 0.3) is 0 Å². The Kier molecular flexibility index (Phi) is 11.0. The number of ether oxygens (including phenoxy) is 2. The third kappa shape index (κ3) is 8.11. The summed E-state index contributed by atoms with van der Waals surface area (Å²) in [4.78, 5) is 47.5. The number of hydrogen-bond acceptors (Lipinski definition) is 8. The van der Waals surface area contributed by atoms with Gasteiger partial charge in [0.15, 0.2) is 0 Å². The molecule has 0 aliphatic rings. The minimum absolute atomic E-state index is 0.136. The summed E-state index contributed by atoms with van der Waals surface area (Å²) in [6.07, 6.45) is 1.80. The molecule has 0 saturated carbocycles. The van der Waals surface area contributed by atoms with Crippen molar-refractivity contribution in [2.24, 2.45) is 0 Å². The molecule has 208 valence electrons. The highest BCUT2D eigenvalue weighted by molar-refractivity contribution is 7.99. The minimum atomic E-state index is -0.673. The number of amides is 3. The molecule has 2 aromatic carbocycles. The van der Waals surface area contributed by atoms with Crippen molar-refractivity contribution in [3.63, 3.8) is 0 Å². The number of methoxy groups -OCH3 is 2. The smallest absolute Gasteiger partial charge is 0.413 e. The van der Waals surface area contributed by atoms with E-state index in [4.69, 9.17) is 0 Å². The summed E-state index contributed by atoms with van der Waals surface area (Å²) in [5.41, 5.74) is 2.97. The first-order valence-electron chi connectivity index (χ1n) is 12.5. The molecule has 0 radical (unpaired) electrons. The van der Waals surface area contributed by atoms with Gasteiger partial charge in [-0.15, -0.1) is 11.8 Å². The fraction of sp³-hybridized carbons (Fsp3) is 0.346. The number of hydrogen-bond donors (Lipinski definition) is 4. The van der Waals surface area contributed by atoms with E-state index in [1.165, 1.54) is 23.7 Å². The molecule has 3 amide bonds. The van der Waals surface area contributed by atoms with E-state index in [0.29, 0.717) is 23.5 Å². The second-order valence-corrected chi connectivity index (χ2v) is 9.36. The van der Waals surface area contributed by atoms with Gasteiger partial charge in [0, 0.05) is 11.4 Å². The summed E-state index contributed by atoms with van der Waals surface area (Å²) in [6.45, 7) is 4.76. The maximum atomic E-state index is 12.3. The molecule has 0 fully saturated rings. The topological polar surface area (TPSA) is 152 Å². The molecular formula is C26H33N7O5S. The number of imidazole rings is 2. The number of rotatable bonds is 8. The number of nitrogens with zero attached hydrogens (tertiary/aromatic N) is 3. The van der Waals surface area contributed by atoms with Crippen LogP contribution in [0.15, 0.2) is 47.4 Å². The lowest BCUT2D eigenvalue weighted by Gasteiger charge is -2.09. The van der Waals surface area contributed by atoms with Gasteiger partial charge >= 0.3 is 18.2 Å². The van der Waals surface area contributed by atoms with Crippen LogP contribution >= 0.6 is 11.8 Å². The van der Waals surface area contributed by atoms with E-state index in [1.54, 1.807) is 23.9 Å². The van der Waals surface area contributed by atoms with Crippen molar-refractivity contribution in [2.75, 3.05) is 37.2 Å². The molecule has 0 spiro atoms. The molecule has 0 atom stereocenters. The zero-order chi connectivity index (χ0) is 28.2. The molecule has 0 aliphatic carbocycles. The molecule has 0 bridgehead atoms. The van der Waals surface area contributed by atoms with Crippen molar-refractivity contribution < 1.29 is 23.9 Å². The number of carbonyl (C=O) groups excluding carboxylic acids is 3. The zero-order valence-corrected chi connectivity index (χ0v) is 23.2. The molecule has 0 unspecified atom stereocenters. The van der Waals surface area contributed by atoms with Gasteiger partial charge in [-0.1, -0.05) is 32.4 Å². The Morgan fingerprint density at radius 3 is 2.41 bits per heavy atom. The van der Waals surface area contributed by atoms with Crippen LogP contribution < -0.4 is 16.0 Å². The quantitative estimate of drug-likeness (QED) is 0.157. The first kappa shape index (κ1) is 29.3.